The number of morpholine rings is 1. The summed E-state index contributed by atoms with van der Waals surface area (Å²) in [6, 6.07) is 1.45. The largest absolute Gasteiger partial charge is 0.463 e. The molecule has 1 unspecified atom stereocenters. The number of nitrogens with zero attached hydrogens (tertiary/aromatic N) is 3. The number of carbonyl (C=O) groups excluding carboxylic acids is 3. The second kappa shape index (κ2) is 13.9. The number of aromatic nitrogens is 1. The molecule has 0 radical (unpaired) electrons. The number of hydrogen-bond donors (Lipinski definition) is 1. The van der Waals surface area contributed by atoms with Gasteiger partial charge in [-0.15, -0.1) is 0 Å². The molecular formula is C31H40N4O9S. The Balaban J connectivity index is 1.11. The molecule has 1 N–H and O–H groups in total. The third-order valence-corrected chi connectivity index (χ3v) is 10.8. The van der Waals surface area contributed by atoms with Crippen LogP contribution in [0.1, 0.15) is 56.7 Å². The lowest BCUT2D eigenvalue weighted by Crippen LogP contribution is -2.52. The van der Waals surface area contributed by atoms with Crippen molar-refractivity contribution in [2.75, 3.05) is 58.9 Å². The van der Waals surface area contributed by atoms with E-state index in [4.69, 9.17) is 19.0 Å². The van der Waals surface area contributed by atoms with Gasteiger partial charge in [0.2, 0.25) is 0 Å². The molecule has 14 heteroatoms. The number of ether oxygens (including phenoxy) is 3. The maximum atomic E-state index is 13.1. The summed E-state index contributed by atoms with van der Waals surface area (Å²) >= 11 is 0. The van der Waals surface area contributed by atoms with E-state index in [9.17, 15) is 22.8 Å². The first-order valence-electron chi connectivity index (χ1n) is 15.2. The van der Waals surface area contributed by atoms with Crippen molar-refractivity contribution in [1.82, 2.24) is 19.8 Å². The zero-order chi connectivity index (χ0) is 32.1. The molecule has 1 aromatic heterocycles. The second-order valence-corrected chi connectivity index (χ2v) is 14.7. The van der Waals surface area contributed by atoms with Crippen LogP contribution < -0.4 is 5.48 Å². The maximum absolute atomic E-state index is 13.1. The fourth-order valence-electron chi connectivity index (χ4n) is 5.24. The maximum Gasteiger partial charge on any atom is 0.328 e. The van der Waals surface area contributed by atoms with Gasteiger partial charge in [-0.1, -0.05) is 11.8 Å². The molecule has 13 nitrogen and oxygen atoms in total. The minimum atomic E-state index is -3.86. The lowest BCUT2D eigenvalue weighted by atomic mass is 10.1. The Morgan fingerprint density at radius 2 is 1.96 bits per heavy atom. The number of carbonyl (C=O) groups is 3. The van der Waals surface area contributed by atoms with E-state index in [0.29, 0.717) is 37.5 Å². The van der Waals surface area contributed by atoms with E-state index < -0.39 is 26.8 Å². The van der Waals surface area contributed by atoms with Crippen LogP contribution in [-0.4, -0.2) is 111 Å². The highest BCUT2D eigenvalue weighted by Gasteiger charge is 2.45. The summed E-state index contributed by atoms with van der Waals surface area (Å²) in [5, 5.41) is 0. The van der Waals surface area contributed by atoms with Gasteiger partial charge in [0.15, 0.2) is 20.9 Å². The highest BCUT2D eigenvalue weighted by Crippen LogP contribution is 2.45. The topological polar surface area (TPSA) is 146 Å². The molecule has 1 saturated carbocycles. The molecule has 0 spiro atoms. The number of rotatable bonds is 11. The highest BCUT2D eigenvalue weighted by molar-refractivity contribution is 7.92. The van der Waals surface area contributed by atoms with E-state index >= 15 is 0 Å². The molecule has 4 heterocycles. The van der Waals surface area contributed by atoms with Crippen molar-refractivity contribution in [1.29, 1.82) is 0 Å². The van der Waals surface area contributed by atoms with Crippen molar-refractivity contribution >= 4 is 27.7 Å². The van der Waals surface area contributed by atoms with Gasteiger partial charge in [0, 0.05) is 56.4 Å². The highest BCUT2D eigenvalue weighted by atomic mass is 32.2. The summed E-state index contributed by atoms with van der Waals surface area (Å²) in [5.41, 5.74) is 3.24. The summed E-state index contributed by atoms with van der Waals surface area (Å²) in [5.74, 6) is 10.7. The second-order valence-electron chi connectivity index (χ2n) is 12.2. The Hall–Kier alpha value is -3.40. The van der Waals surface area contributed by atoms with Crippen LogP contribution in [0.2, 0.25) is 0 Å². The van der Waals surface area contributed by atoms with E-state index in [1.807, 2.05) is 4.90 Å². The van der Waals surface area contributed by atoms with E-state index in [0.717, 1.165) is 45.0 Å². The zero-order valence-corrected chi connectivity index (χ0v) is 26.6. The normalized spacial score (nSPS) is 22.2. The fraction of sp³-hybridized carbons (Fsp3) is 0.645. The van der Waals surface area contributed by atoms with Gasteiger partial charge in [-0.25, -0.2) is 23.5 Å². The molecule has 244 valence electrons. The van der Waals surface area contributed by atoms with Crippen molar-refractivity contribution < 1.29 is 41.8 Å². The average molecular weight is 645 g/mol. The molecular weight excluding hydrogens is 604 g/mol. The summed E-state index contributed by atoms with van der Waals surface area (Å²) in [4.78, 5) is 47.0. The van der Waals surface area contributed by atoms with Crippen LogP contribution in [0, 0.1) is 29.1 Å². The number of nitrogens with one attached hydrogen (secondary N) is 1. The standard InChI is InChI=1S/C31H40N4O9S/c1-30(45(2,39)40,28(37)32-44-27-8-4-6-16-42-27)12-13-34-21-25-19-24(20-35(25)29(34)38)7-3-5-9-31(10-11-31)23-43-26(36)22-33-14-17-41-18-15-33/h19-20,27H,4,6,8,10-18,21-23H2,1-2H3,(H,32,37)/t27?,30-/m1/s1. The number of sulfone groups is 1. The molecule has 1 aromatic rings. The zero-order valence-electron chi connectivity index (χ0n) is 25.8. The van der Waals surface area contributed by atoms with E-state index in [2.05, 4.69) is 29.2 Å². The van der Waals surface area contributed by atoms with Crippen molar-refractivity contribution in [3.63, 3.8) is 0 Å². The lowest BCUT2D eigenvalue weighted by molar-refractivity contribution is -0.201. The van der Waals surface area contributed by atoms with Crippen molar-refractivity contribution in [3.05, 3.63) is 23.5 Å². The molecule has 5 rings (SSSR count). The Morgan fingerprint density at radius 3 is 2.62 bits per heavy atom. The summed E-state index contributed by atoms with van der Waals surface area (Å²) in [6.07, 6.45) is 5.96. The Labute approximate surface area is 263 Å². The minimum Gasteiger partial charge on any atom is -0.463 e. The molecule has 0 aromatic carbocycles. The van der Waals surface area contributed by atoms with Crippen LogP contribution in [0.25, 0.3) is 0 Å². The third kappa shape index (κ3) is 8.26. The molecule has 2 atom stereocenters. The van der Waals surface area contributed by atoms with Crippen LogP contribution in [0.4, 0.5) is 4.79 Å². The predicted molar refractivity (Wildman–Crippen MR) is 161 cm³/mol. The van der Waals surface area contributed by atoms with Gasteiger partial charge in [-0.3, -0.25) is 19.1 Å². The van der Waals surface area contributed by atoms with Crippen LogP contribution >= 0.6 is 0 Å². The Kier molecular flexibility index (Phi) is 10.2. The summed E-state index contributed by atoms with van der Waals surface area (Å²) in [6.45, 7) is 5.32. The third-order valence-electron chi connectivity index (χ3n) is 8.72. The van der Waals surface area contributed by atoms with Crippen molar-refractivity contribution in [3.8, 4) is 23.7 Å². The van der Waals surface area contributed by atoms with Crippen LogP contribution in [0.5, 0.6) is 0 Å². The van der Waals surface area contributed by atoms with Crippen molar-refractivity contribution in [2.24, 2.45) is 5.41 Å². The quantitative estimate of drug-likeness (QED) is 0.211. The number of hydroxylamine groups is 1. The average Bonchev–Trinajstić information content (AvgIpc) is 3.59. The smallest absolute Gasteiger partial charge is 0.328 e. The molecule has 45 heavy (non-hydrogen) atoms. The number of esters is 1. The molecule has 3 aliphatic heterocycles. The summed E-state index contributed by atoms with van der Waals surface area (Å²) < 4.78 is 41.2. The molecule has 2 amide bonds. The van der Waals surface area contributed by atoms with Gasteiger partial charge in [-0.05, 0) is 56.9 Å². The van der Waals surface area contributed by atoms with Gasteiger partial charge in [0.25, 0.3) is 5.91 Å². The van der Waals surface area contributed by atoms with Gasteiger partial charge < -0.3 is 19.1 Å². The number of amides is 2. The van der Waals surface area contributed by atoms with Crippen LogP contribution in [-0.2, 0) is 45.0 Å². The van der Waals surface area contributed by atoms with Gasteiger partial charge in [0.05, 0.1) is 31.7 Å². The Bertz CT molecular complexity index is 1520. The first-order valence-corrected chi connectivity index (χ1v) is 17.1. The van der Waals surface area contributed by atoms with E-state index in [-0.39, 0.29) is 50.1 Å². The van der Waals surface area contributed by atoms with Crippen molar-refractivity contribution in [2.45, 2.75) is 63.0 Å². The van der Waals surface area contributed by atoms with Crippen LogP contribution in [0.3, 0.4) is 0 Å². The van der Waals surface area contributed by atoms with E-state index in [1.54, 1.807) is 12.3 Å². The molecule has 1 aliphatic carbocycles. The summed E-state index contributed by atoms with van der Waals surface area (Å²) in [7, 11) is -3.86. The molecule has 3 fully saturated rings. The van der Waals surface area contributed by atoms with E-state index in [1.165, 1.54) is 16.4 Å². The molecule has 2 saturated heterocycles. The predicted octanol–water partition coefficient (Wildman–Crippen LogP) is 1.05. The fourth-order valence-corrected chi connectivity index (χ4v) is 6.08. The molecule has 0 bridgehead atoms. The first kappa shape index (κ1) is 33.0. The van der Waals surface area contributed by atoms with Gasteiger partial charge >= 0.3 is 12.0 Å². The number of fused-ring (bicyclic) bond motifs is 1. The SMILES string of the molecule is C[C@@](CCN1Cc2cc(C#CC#CC3(COC(=O)CN4CCOCC4)CC3)cn2C1=O)(C(=O)NOC1CCCCO1)S(C)(=O)=O. The lowest BCUT2D eigenvalue weighted by Gasteiger charge is -2.29. The van der Waals surface area contributed by atoms with Gasteiger partial charge in [-0.2, -0.15) is 0 Å². The minimum absolute atomic E-state index is 0.0447. The molecule has 4 aliphatic rings. The number of hydrogen-bond acceptors (Lipinski definition) is 10. The Morgan fingerprint density at radius 1 is 1.18 bits per heavy atom. The monoisotopic (exact) mass is 644 g/mol. The van der Waals surface area contributed by atoms with Crippen LogP contribution in [0.15, 0.2) is 12.3 Å². The van der Waals surface area contributed by atoms with Gasteiger partial charge in [0.1, 0.15) is 6.61 Å². The first-order chi connectivity index (χ1) is 21.5.